The molecule has 1 aliphatic carbocycles. The molecule has 1 aliphatic heterocycles. The molecule has 2 bridgehead atoms. The van der Waals surface area contributed by atoms with Gasteiger partial charge in [-0.05, 0) is 38.6 Å². The minimum absolute atomic E-state index is 0.737. The lowest BCUT2D eigenvalue weighted by Crippen LogP contribution is -2.51. The lowest BCUT2D eigenvalue weighted by atomic mass is 9.90. The number of methoxy groups -OCH3 is 1. The van der Waals surface area contributed by atoms with Gasteiger partial charge in [-0.2, -0.15) is 0 Å². The molecule has 1 saturated carbocycles. The molecule has 22 heavy (non-hydrogen) atoms. The van der Waals surface area contributed by atoms with Gasteiger partial charge in [0.25, 0.3) is 0 Å². The summed E-state index contributed by atoms with van der Waals surface area (Å²) in [6, 6.07) is 0.737. The maximum Gasteiger partial charge on any atom is 0.125 e. The number of hydrogen-bond donors (Lipinski definition) is 0. The Morgan fingerprint density at radius 1 is 1.23 bits per heavy atom. The first-order valence-corrected chi connectivity index (χ1v) is 8.36. The van der Waals surface area contributed by atoms with Crippen molar-refractivity contribution in [2.45, 2.75) is 32.4 Å². The van der Waals surface area contributed by atoms with Gasteiger partial charge in [-0.25, -0.2) is 9.97 Å². The van der Waals surface area contributed by atoms with Crippen molar-refractivity contribution in [1.82, 2.24) is 19.8 Å². The molecule has 0 N–H and O–H groups in total. The number of hydrogen-bond acceptors (Lipinski definition) is 5. The van der Waals surface area contributed by atoms with Gasteiger partial charge in [-0.3, -0.25) is 4.90 Å². The molecule has 1 aromatic heterocycles. The average Bonchev–Trinajstić information content (AvgIpc) is 2.78. The monoisotopic (exact) mass is 304 g/mol. The number of nitrogens with zero attached hydrogens (tertiary/aromatic N) is 4. The Labute approximate surface area is 133 Å². The summed E-state index contributed by atoms with van der Waals surface area (Å²) in [5.74, 6) is 2.45. The molecule has 3 rings (SSSR count). The largest absolute Gasteiger partial charge is 0.383 e. The van der Waals surface area contributed by atoms with Crippen molar-refractivity contribution in [3.8, 4) is 0 Å². The Bertz CT molecular complexity index is 464. The summed E-state index contributed by atoms with van der Waals surface area (Å²) in [5, 5.41) is 0. The molecule has 2 heterocycles. The van der Waals surface area contributed by atoms with E-state index in [4.69, 9.17) is 4.74 Å². The Kier molecular flexibility index (Phi) is 5.06. The van der Waals surface area contributed by atoms with E-state index in [1.807, 2.05) is 19.3 Å². The fourth-order valence-corrected chi connectivity index (χ4v) is 4.28. The molecule has 122 valence electrons. The predicted octanol–water partition coefficient (Wildman–Crippen LogP) is 1.57. The van der Waals surface area contributed by atoms with Crippen LogP contribution in [0.15, 0.2) is 12.4 Å². The highest BCUT2D eigenvalue weighted by Gasteiger charge is 2.43. The minimum atomic E-state index is 0.737. The van der Waals surface area contributed by atoms with Crippen LogP contribution in [0.5, 0.6) is 0 Å². The van der Waals surface area contributed by atoms with E-state index in [1.165, 1.54) is 31.5 Å². The van der Waals surface area contributed by atoms with Crippen LogP contribution in [0.2, 0.25) is 0 Å². The van der Waals surface area contributed by atoms with Crippen molar-refractivity contribution in [3.05, 3.63) is 23.8 Å². The second kappa shape index (κ2) is 7.02. The second-order valence-corrected chi connectivity index (χ2v) is 6.89. The van der Waals surface area contributed by atoms with Gasteiger partial charge in [-0.15, -0.1) is 0 Å². The predicted molar refractivity (Wildman–Crippen MR) is 86.6 cm³/mol. The molecular formula is C17H28N4O. The number of aromatic nitrogens is 2. The van der Waals surface area contributed by atoms with E-state index in [9.17, 15) is 0 Å². The van der Waals surface area contributed by atoms with E-state index in [1.54, 1.807) is 7.11 Å². The summed E-state index contributed by atoms with van der Waals surface area (Å²) >= 11 is 0. The summed E-state index contributed by atoms with van der Waals surface area (Å²) in [4.78, 5) is 13.8. The molecule has 0 spiro atoms. The number of rotatable bonds is 6. The molecule has 5 heteroatoms. The van der Waals surface area contributed by atoms with Gasteiger partial charge in [0, 0.05) is 57.3 Å². The zero-order valence-electron chi connectivity index (χ0n) is 14.0. The van der Waals surface area contributed by atoms with E-state index in [0.717, 1.165) is 43.4 Å². The first-order chi connectivity index (χ1) is 10.7. The third-order valence-corrected chi connectivity index (χ3v) is 5.26. The molecule has 2 aliphatic rings. The maximum absolute atomic E-state index is 5.24. The van der Waals surface area contributed by atoms with Crippen molar-refractivity contribution < 1.29 is 4.74 Å². The smallest absolute Gasteiger partial charge is 0.125 e. The molecule has 2 fully saturated rings. The zero-order valence-corrected chi connectivity index (χ0v) is 14.0. The van der Waals surface area contributed by atoms with Crippen molar-refractivity contribution in [2.75, 3.05) is 40.4 Å². The van der Waals surface area contributed by atoms with Crippen molar-refractivity contribution in [1.29, 1.82) is 0 Å². The molecule has 0 radical (unpaired) electrons. The number of ether oxygens (including phenoxy) is 1. The van der Waals surface area contributed by atoms with Gasteiger partial charge in [0.2, 0.25) is 0 Å². The highest BCUT2D eigenvalue weighted by molar-refractivity contribution is 5.06. The standard InChI is InChI=1S/C17H28N4O/c1-13-18-8-14(9-19-13)10-21-11-15-4-5-16(12-21)17(15)20(2)6-7-22-3/h8-9,15-17H,4-7,10-12H2,1-3H3. The van der Waals surface area contributed by atoms with Crippen LogP contribution < -0.4 is 0 Å². The number of aryl methyl sites for hydroxylation is 1. The molecule has 5 nitrogen and oxygen atoms in total. The Morgan fingerprint density at radius 2 is 1.86 bits per heavy atom. The van der Waals surface area contributed by atoms with Gasteiger partial charge in [-0.1, -0.05) is 0 Å². The molecule has 0 amide bonds. The Balaban J connectivity index is 1.58. The number of likely N-dealkylation sites (N-methyl/N-ethyl adjacent to an activating group) is 1. The Morgan fingerprint density at radius 3 is 2.45 bits per heavy atom. The molecule has 2 unspecified atom stereocenters. The normalized spacial score (nSPS) is 28.5. The zero-order chi connectivity index (χ0) is 15.5. The quantitative estimate of drug-likeness (QED) is 0.798. The topological polar surface area (TPSA) is 41.5 Å². The second-order valence-electron chi connectivity index (χ2n) is 6.89. The van der Waals surface area contributed by atoms with E-state index < -0.39 is 0 Å². The third-order valence-electron chi connectivity index (χ3n) is 5.26. The summed E-state index contributed by atoms with van der Waals surface area (Å²) in [5.41, 5.74) is 1.23. The first-order valence-electron chi connectivity index (χ1n) is 8.36. The summed E-state index contributed by atoms with van der Waals surface area (Å²) < 4.78 is 5.24. The lowest BCUT2D eigenvalue weighted by molar-refractivity contribution is 0.0437. The molecule has 1 saturated heterocycles. The molecule has 1 aromatic rings. The van der Waals surface area contributed by atoms with E-state index in [-0.39, 0.29) is 0 Å². The SMILES string of the molecule is COCCN(C)C1C2CCC1CN(Cc1cnc(C)nc1)C2. The van der Waals surface area contributed by atoms with Gasteiger partial charge in [0.1, 0.15) is 5.82 Å². The van der Waals surface area contributed by atoms with Crippen LogP contribution in [0.3, 0.4) is 0 Å². The minimum Gasteiger partial charge on any atom is -0.383 e. The number of piperidine rings is 1. The summed E-state index contributed by atoms with van der Waals surface area (Å²) in [6.45, 7) is 7.20. The molecule has 0 aromatic carbocycles. The Hall–Kier alpha value is -1.04. The highest BCUT2D eigenvalue weighted by atomic mass is 16.5. The van der Waals surface area contributed by atoms with Gasteiger partial charge in [0.05, 0.1) is 6.61 Å². The average molecular weight is 304 g/mol. The van der Waals surface area contributed by atoms with Gasteiger partial charge >= 0.3 is 0 Å². The first kappa shape index (κ1) is 15.8. The van der Waals surface area contributed by atoms with Gasteiger partial charge in [0.15, 0.2) is 0 Å². The van der Waals surface area contributed by atoms with Crippen LogP contribution in [0.4, 0.5) is 0 Å². The van der Waals surface area contributed by atoms with Crippen LogP contribution in [-0.4, -0.2) is 66.2 Å². The summed E-state index contributed by atoms with van der Waals surface area (Å²) in [6.07, 6.45) is 6.68. The fourth-order valence-electron chi connectivity index (χ4n) is 4.28. The fraction of sp³-hybridized carbons (Fsp3) is 0.765. The highest BCUT2D eigenvalue weighted by Crippen LogP contribution is 2.39. The van der Waals surface area contributed by atoms with Crippen LogP contribution in [0.1, 0.15) is 24.2 Å². The van der Waals surface area contributed by atoms with Crippen LogP contribution in [0, 0.1) is 18.8 Å². The molecular weight excluding hydrogens is 276 g/mol. The van der Waals surface area contributed by atoms with E-state index in [0.29, 0.717) is 0 Å². The van der Waals surface area contributed by atoms with Crippen LogP contribution >= 0.6 is 0 Å². The van der Waals surface area contributed by atoms with Crippen molar-refractivity contribution in [3.63, 3.8) is 0 Å². The van der Waals surface area contributed by atoms with Crippen molar-refractivity contribution in [2.24, 2.45) is 11.8 Å². The number of likely N-dealkylation sites (tertiary alicyclic amines) is 1. The molecule has 2 atom stereocenters. The van der Waals surface area contributed by atoms with Crippen LogP contribution in [0.25, 0.3) is 0 Å². The van der Waals surface area contributed by atoms with E-state index >= 15 is 0 Å². The van der Waals surface area contributed by atoms with Crippen LogP contribution in [-0.2, 0) is 11.3 Å². The lowest BCUT2D eigenvalue weighted by Gasteiger charge is -2.42. The number of fused-ring (bicyclic) bond motifs is 2. The van der Waals surface area contributed by atoms with E-state index in [2.05, 4.69) is 26.8 Å². The maximum atomic E-state index is 5.24. The van der Waals surface area contributed by atoms with Crippen molar-refractivity contribution >= 4 is 0 Å². The van der Waals surface area contributed by atoms with Gasteiger partial charge < -0.3 is 9.64 Å². The third kappa shape index (κ3) is 3.47. The summed E-state index contributed by atoms with van der Waals surface area (Å²) in [7, 11) is 4.05.